The van der Waals surface area contributed by atoms with Crippen molar-refractivity contribution in [3.8, 4) is 0 Å². The van der Waals surface area contributed by atoms with Gasteiger partial charge in [0.25, 0.3) is 0 Å². The van der Waals surface area contributed by atoms with Crippen LogP contribution in [0.4, 0.5) is 4.79 Å². The average Bonchev–Trinajstić information content (AvgIpc) is 3.07. The summed E-state index contributed by atoms with van der Waals surface area (Å²) in [6.07, 6.45) is 0.397. The molecule has 0 radical (unpaired) electrons. The number of rotatable bonds is 7. The predicted octanol–water partition coefficient (Wildman–Crippen LogP) is 1.99. The second-order valence-corrected chi connectivity index (χ2v) is 4.85. The molecule has 1 aromatic carbocycles. The van der Waals surface area contributed by atoms with Gasteiger partial charge >= 0.3 is 6.09 Å². The molecule has 2 rings (SSSR count). The van der Waals surface area contributed by atoms with Crippen LogP contribution in [0.5, 0.6) is 0 Å². The van der Waals surface area contributed by atoms with Crippen LogP contribution >= 0.6 is 0 Å². The van der Waals surface area contributed by atoms with E-state index in [0.29, 0.717) is 5.56 Å². The summed E-state index contributed by atoms with van der Waals surface area (Å²) in [6, 6.07) is 10.9. The maximum absolute atomic E-state index is 11.5. The fraction of sp³-hybridized carbons (Fsp3) is 0.312. The minimum absolute atomic E-state index is 0.187. The van der Waals surface area contributed by atoms with Crippen molar-refractivity contribution in [1.29, 1.82) is 0 Å². The molecule has 0 saturated carbocycles. The molecule has 3 N–H and O–H groups in total. The van der Waals surface area contributed by atoms with Gasteiger partial charge in [-0.25, -0.2) is 4.79 Å². The van der Waals surface area contributed by atoms with Crippen molar-refractivity contribution in [3.63, 3.8) is 0 Å². The molecule has 0 bridgehead atoms. The highest BCUT2D eigenvalue weighted by Crippen LogP contribution is 2.18. The van der Waals surface area contributed by atoms with Gasteiger partial charge in [-0.05, 0) is 18.1 Å². The van der Waals surface area contributed by atoms with E-state index in [2.05, 4.69) is 5.32 Å². The van der Waals surface area contributed by atoms with Gasteiger partial charge in [-0.3, -0.25) is 0 Å². The van der Waals surface area contributed by atoms with Crippen LogP contribution in [0, 0.1) is 0 Å². The lowest BCUT2D eigenvalue weighted by molar-refractivity contribution is 0.0133. The highest BCUT2D eigenvalue weighted by molar-refractivity contribution is 5.67. The van der Waals surface area contributed by atoms with Gasteiger partial charge in [0, 0.05) is 12.1 Å². The molecule has 0 aliphatic carbocycles. The normalized spacial score (nSPS) is 13.4. The molecule has 1 amide bonds. The van der Waals surface area contributed by atoms with Crippen molar-refractivity contribution in [1.82, 2.24) is 5.32 Å². The van der Waals surface area contributed by atoms with Gasteiger partial charge < -0.3 is 24.7 Å². The molecular weight excluding hydrogens is 286 g/mol. The van der Waals surface area contributed by atoms with Crippen LogP contribution in [0.25, 0.3) is 0 Å². The Hall–Kier alpha value is -2.31. The van der Waals surface area contributed by atoms with Crippen molar-refractivity contribution >= 4 is 6.09 Å². The van der Waals surface area contributed by atoms with Gasteiger partial charge in [0.15, 0.2) is 0 Å². The molecule has 1 aromatic heterocycles. The number of ether oxygens (including phenoxy) is 1. The van der Waals surface area contributed by atoms with E-state index in [4.69, 9.17) is 9.15 Å². The van der Waals surface area contributed by atoms with Crippen LogP contribution < -0.4 is 5.32 Å². The molecule has 0 aliphatic heterocycles. The number of amides is 1. The van der Waals surface area contributed by atoms with Crippen molar-refractivity contribution in [2.75, 3.05) is 6.54 Å². The van der Waals surface area contributed by atoms with Crippen molar-refractivity contribution < 1.29 is 24.2 Å². The second kappa shape index (κ2) is 8.21. The Balaban J connectivity index is 1.64. The van der Waals surface area contributed by atoms with E-state index in [1.165, 1.54) is 12.5 Å². The van der Waals surface area contributed by atoms with Gasteiger partial charge in [0.05, 0.1) is 18.6 Å². The number of aliphatic hydroxyl groups excluding tert-OH is 2. The zero-order valence-electron chi connectivity index (χ0n) is 12.0. The van der Waals surface area contributed by atoms with Crippen LogP contribution in [0.15, 0.2) is 53.3 Å². The molecule has 0 aliphatic rings. The summed E-state index contributed by atoms with van der Waals surface area (Å²) in [5.74, 6) is 0. The molecule has 0 saturated heterocycles. The minimum Gasteiger partial charge on any atom is -0.472 e. The molecule has 2 unspecified atom stereocenters. The largest absolute Gasteiger partial charge is 0.472 e. The third-order valence-corrected chi connectivity index (χ3v) is 3.17. The molecule has 2 atom stereocenters. The van der Waals surface area contributed by atoms with E-state index in [-0.39, 0.29) is 19.6 Å². The number of aliphatic hydroxyl groups is 2. The zero-order chi connectivity index (χ0) is 15.8. The van der Waals surface area contributed by atoms with Crippen LogP contribution in [0.1, 0.15) is 23.7 Å². The third kappa shape index (κ3) is 4.91. The van der Waals surface area contributed by atoms with E-state index >= 15 is 0 Å². The summed E-state index contributed by atoms with van der Waals surface area (Å²) in [5, 5.41) is 22.2. The van der Waals surface area contributed by atoms with Crippen LogP contribution in [-0.4, -0.2) is 29.0 Å². The Bertz CT molecular complexity index is 555. The molecular formula is C16H19NO5. The van der Waals surface area contributed by atoms with Gasteiger partial charge in [0.1, 0.15) is 12.7 Å². The quantitative estimate of drug-likeness (QED) is 0.727. The Labute approximate surface area is 128 Å². The summed E-state index contributed by atoms with van der Waals surface area (Å²) in [4.78, 5) is 11.5. The summed E-state index contributed by atoms with van der Waals surface area (Å²) in [6.45, 7) is 0.385. The smallest absolute Gasteiger partial charge is 0.407 e. The number of carbonyl (C=O) groups excluding carboxylic acids is 1. The maximum Gasteiger partial charge on any atom is 0.407 e. The Morgan fingerprint density at radius 2 is 2.00 bits per heavy atom. The molecule has 6 heteroatoms. The van der Waals surface area contributed by atoms with Crippen LogP contribution in [0.3, 0.4) is 0 Å². The number of alkyl carbamates (subject to hydrolysis) is 1. The fourth-order valence-corrected chi connectivity index (χ4v) is 1.92. The molecule has 0 fully saturated rings. The van der Waals surface area contributed by atoms with E-state index in [9.17, 15) is 15.0 Å². The van der Waals surface area contributed by atoms with Gasteiger partial charge in [-0.2, -0.15) is 0 Å². The first-order valence-corrected chi connectivity index (χ1v) is 6.99. The van der Waals surface area contributed by atoms with Crippen molar-refractivity contribution in [2.45, 2.75) is 25.2 Å². The molecule has 22 heavy (non-hydrogen) atoms. The minimum atomic E-state index is -1.04. The number of benzene rings is 1. The van der Waals surface area contributed by atoms with Gasteiger partial charge in [-0.15, -0.1) is 0 Å². The molecule has 0 spiro atoms. The highest BCUT2D eigenvalue weighted by Gasteiger charge is 2.19. The van der Waals surface area contributed by atoms with Crippen molar-refractivity contribution in [2.24, 2.45) is 0 Å². The van der Waals surface area contributed by atoms with Crippen molar-refractivity contribution in [3.05, 3.63) is 60.1 Å². The molecule has 1 heterocycles. The van der Waals surface area contributed by atoms with E-state index in [1.807, 2.05) is 30.3 Å². The number of furan rings is 1. The average molecular weight is 305 g/mol. The van der Waals surface area contributed by atoms with E-state index in [1.54, 1.807) is 6.07 Å². The SMILES string of the molecule is O=C(NCCC(O)C(O)c1ccoc1)OCc1ccccc1. The van der Waals surface area contributed by atoms with Gasteiger partial charge in [-0.1, -0.05) is 30.3 Å². The first kappa shape index (κ1) is 16.1. The number of nitrogens with one attached hydrogen (secondary N) is 1. The summed E-state index contributed by atoms with van der Waals surface area (Å²) >= 11 is 0. The number of carbonyl (C=O) groups is 1. The number of hydrogen-bond acceptors (Lipinski definition) is 5. The molecule has 118 valence electrons. The summed E-state index contributed by atoms with van der Waals surface area (Å²) in [5.41, 5.74) is 1.40. The highest BCUT2D eigenvalue weighted by atomic mass is 16.5. The standard InChI is InChI=1S/C16H19NO5/c18-14(15(19)13-7-9-21-11-13)6-8-17-16(20)22-10-12-4-2-1-3-5-12/h1-5,7,9,11,14-15,18-19H,6,8,10H2,(H,17,20). The number of hydrogen-bond donors (Lipinski definition) is 3. The lowest BCUT2D eigenvalue weighted by Crippen LogP contribution is -2.29. The Morgan fingerprint density at radius 1 is 1.23 bits per heavy atom. The monoisotopic (exact) mass is 305 g/mol. The predicted molar refractivity (Wildman–Crippen MR) is 78.9 cm³/mol. The third-order valence-electron chi connectivity index (χ3n) is 3.17. The summed E-state index contributed by atoms with van der Waals surface area (Å²) < 4.78 is 9.88. The molecule has 2 aromatic rings. The molecule has 6 nitrogen and oxygen atoms in total. The van der Waals surface area contributed by atoms with Gasteiger partial charge in [0.2, 0.25) is 0 Å². The first-order valence-electron chi connectivity index (χ1n) is 6.99. The van der Waals surface area contributed by atoms with Crippen LogP contribution in [-0.2, 0) is 11.3 Å². The lowest BCUT2D eigenvalue weighted by atomic mass is 10.1. The topological polar surface area (TPSA) is 91.9 Å². The first-order chi connectivity index (χ1) is 10.7. The second-order valence-electron chi connectivity index (χ2n) is 4.85. The van der Waals surface area contributed by atoms with Crippen LogP contribution in [0.2, 0.25) is 0 Å². The lowest BCUT2D eigenvalue weighted by Gasteiger charge is -2.16. The Kier molecular flexibility index (Phi) is 6.00. The van der Waals surface area contributed by atoms with E-state index < -0.39 is 18.3 Å². The fourth-order valence-electron chi connectivity index (χ4n) is 1.92. The zero-order valence-corrected chi connectivity index (χ0v) is 12.0. The maximum atomic E-state index is 11.5. The summed E-state index contributed by atoms with van der Waals surface area (Å²) in [7, 11) is 0. The Morgan fingerprint density at radius 3 is 2.68 bits per heavy atom. The van der Waals surface area contributed by atoms with E-state index in [0.717, 1.165) is 5.56 Å².